The number of nitrogens with zero attached hydrogens (tertiary/aromatic N) is 1. The Morgan fingerprint density at radius 1 is 0.844 bits per heavy atom. The summed E-state index contributed by atoms with van der Waals surface area (Å²) in [4.78, 5) is 5.31. The van der Waals surface area contributed by atoms with E-state index in [4.69, 9.17) is 14.3 Å². The van der Waals surface area contributed by atoms with E-state index in [1.165, 1.54) is 23.3 Å². The van der Waals surface area contributed by atoms with Crippen molar-refractivity contribution >= 4 is 5.71 Å². The van der Waals surface area contributed by atoms with Crippen LogP contribution in [0.15, 0.2) is 79.0 Å². The first-order valence-electron chi connectivity index (χ1n) is 11.3. The summed E-state index contributed by atoms with van der Waals surface area (Å²) in [7, 11) is 1.65. The number of nitrogens with one attached hydrogen (secondary N) is 1. The topological polar surface area (TPSA) is 52.1 Å². The van der Waals surface area contributed by atoms with Crippen LogP contribution in [0, 0.1) is 11.8 Å². The molecule has 1 aliphatic carbocycles. The molecular weight excluding hydrogens is 400 g/mol. The summed E-state index contributed by atoms with van der Waals surface area (Å²) in [5.41, 5.74) is 3.65. The van der Waals surface area contributed by atoms with Gasteiger partial charge in [-0.15, -0.1) is 0 Å². The molecule has 4 atom stereocenters. The minimum atomic E-state index is 0.163. The fourth-order valence-electron chi connectivity index (χ4n) is 4.98. The van der Waals surface area contributed by atoms with Gasteiger partial charge in [-0.25, -0.2) is 0 Å². The van der Waals surface area contributed by atoms with Gasteiger partial charge in [0.2, 0.25) is 0 Å². The SMILES string of the molecule is C=CCOc1ccc([C@H]2N[C@@H](c3ccc(OCC=C)cc3)[C@H]3CCC[C@@H]2C3=NOC)cc1. The van der Waals surface area contributed by atoms with Gasteiger partial charge in [-0.3, -0.25) is 0 Å². The van der Waals surface area contributed by atoms with Crippen LogP contribution in [0.25, 0.3) is 0 Å². The maximum atomic E-state index is 5.67. The van der Waals surface area contributed by atoms with Crippen molar-refractivity contribution in [1.82, 2.24) is 5.32 Å². The molecule has 2 fully saturated rings. The van der Waals surface area contributed by atoms with Crippen molar-refractivity contribution in [2.45, 2.75) is 31.3 Å². The molecular formula is C27H32N2O3. The fourth-order valence-corrected chi connectivity index (χ4v) is 4.98. The number of hydrogen-bond donors (Lipinski definition) is 1. The van der Waals surface area contributed by atoms with Crippen LogP contribution in [-0.4, -0.2) is 26.0 Å². The quantitative estimate of drug-likeness (QED) is 0.413. The molecule has 1 aliphatic heterocycles. The predicted molar refractivity (Wildman–Crippen MR) is 128 cm³/mol. The third kappa shape index (κ3) is 4.73. The van der Waals surface area contributed by atoms with Crippen molar-refractivity contribution in [2.24, 2.45) is 17.0 Å². The molecule has 5 heteroatoms. The maximum absolute atomic E-state index is 5.67. The van der Waals surface area contributed by atoms with Crippen molar-refractivity contribution < 1.29 is 14.3 Å². The lowest BCUT2D eigenvalue weighted by atomic mass is 9.67. The standard InChI is InChI=1S/C27H32N2O3/c1-4-17-31-21-13-9-19(10-14-21)25-23-7-6-8-24(27(23)29-30-3)26(28-25)20-11-15-22(16-12-20)32-18-5-2/h4-5,9-16,23-26,28H,1-2,6-8,17-18H2,3H3/t23-,24+,25+,26-. The summed E-state index contributed by atoms with van der Waals surface area (Å²) in [5, 5.41) is 8.49. The average Bonchev–Trinajstić information content (AvgIpc) is 2.83. The van der Waals surface area contributed by atoms with Crippen molar-refractivity contribution in [3.63, 3.8) is 0 Å². The minimum Gasteiger partial charge on any atom is -0.490 e. The highest BCUT2D eigenvalue weighted by molar-refractivity contribution is 5.91. The highest BCUT2D eigenvalue weighted by Crippen LogP contribution is 2.46. The maximum Gasteiger partial charge on any atom is 0.119 e. The molecule has 168 valence electrons. The third-order valence-electron chi connectivity index (χ3n) is 6.36. The Morgan fingerprint density at radius 3 is 1.72 bits per heavy atom. The number of oxime groups is 1. The zero-order valence-electron chi connectivity index (χ0n) is 18.7. The third-order valence-corrected chi connectivity index (χ3v) is 6.36. The number of ether oxygens (including phenoxy) is 2. The van der Waals surface area contributed by atoms with Crippen molar-refractivity contribution in [3.05, 3.63) is 85.0 Å². The molecule has 0 spiro atoms. The molecule has 0 radical (unpaired) electrons. The molecule has 4 rings (SSSR count). The average molecular weight is 433 g/mol. The number of piperidine rings is 1. The number of benzene rings is 2. The summed E-state index contributed by atoms with van der Waals surface area (Å²) in [6, 6.07) is 17.1. The molecule has 5 nitrogen and oxygen atoms in total. The second kappa shape index (κ2) is 10.5. The molecule has 2 aromatic carbocycles. The van der Waals surface area contributed by atoms with Crippen LogP contribution in [0.2, 0.25) is 0 Å². The first-order chi connectivity index (χ1) is 15.7. The summed E-state index contributed by atoms with van der Waals surface area (Å²) >= 11 is 0. The first kappa shape index (κ1) is 22.2. The van der Waals surface area contributed by atoms with Gasteiger partial charge in [-0.2, -0.15) is 0 Å². The summed E-state index contributed by atoms with van der Waals surface area (Å²) in [5.74, 6) is 2.34. The zero-order valence-corrected chi connectivity index (χ0v) is 18.7. The molecule has 0 aromatic heterocycles. The van der Waals surface area contributed by atoms with Gasteiger partial charge in [0.05, 0.1) is 5.71 Å². The van der Waals surface area contributed by atoms with Gasteiger partial charge in [0, 0.05) is 23.9 Å². The lowest BCUT2D eigenvalue weighted by Gasteiger charge is -2.47. The normalized spacial score (nSPS) is 25.7. The van der Waals surface area contributed by atoms with Gasteiger partial charge in [-0.05, 0) is 48.2 Å². The van der Waals surface area contributed by atoms with Crippen LogP contribution in [0.5, 0.6) is 11.5 Å². The van der Waals surface area contributed by atoms with E-state index >= 15 is 0 Å². The number of rotatable bonds is 9. The van der Waals surface area contributed by atoms with E-state index in [0.29, 0.717) is 25.0 Å². The molecule has 32 heavy (non-hydrogen) atoms. The van der Waals surface area contributed by atoms with Crippen molar-refractivity contribution in [1.29, 1.82) is 0 Å². The van der Waals surface area contributed by atoms with E-state index in [2.05, 4.69) is 47.9 Å². The van der Waals surface area contributed by atoms with Crippen LogP contribution >= 0.6 is 0 Å². The minimum absolute atomic E-state index is 0.163. The molecule has 1 saturated carbocycles. The van der Waals surface area contributed by atoms with Crippen LogP contribution in [0.4, 0.5) is 0 Å². The van der Waals surface area contributed by atoms with Gasteiger partial charge in [0.25, 0.3) is 0 Å². The van der Waals surface area contributed by atoms with Crippen LogP contribution in [0.1, 0.15) is 42.5 Å². The van der Waals surface area contributed by atoms with Gasteiger partial charge in [0.15, 0.2) is 0 Å². The Kier molecular flexibility index (Phi) is 7.28. The van der Waals surface area contributed by atoms with Gasteiger partial charge >= 0.3 is 0 Å². The Bertz CT molecular complexity index is 865. The molecule has 1 saturated heterocycles. The first-order valence-corrected chi connectivity index (χ1v) is 11.3. The molecule has 1 N–H and O–H groups in total. The monoisotopic (exact) mass is 432 g/mol. The van der Waals surface area contributed by atoms with Gasteiger partial charge in [-0.1, -0.05) is 61.2 Å². The largest absolute Gasteiger partial charge is 0.490 e. The van der Waals surface area contributed by atoms with Gasteiger partial charge in [0.1, 0.15) is 31.8 Å². The van der Waals surface area contributed by atoms with E-state index in [-0.39, 0.29) is 12.1 Å². The Hall–Kier alpha value is -3.05. The van der Waals surface area contributed by atoms with Crippen molar-refractivity contribution in [2.75, 3.05) is 20.3 Å². The summed E-state index contributed by atoms with van der Waals surface area (Å²) in [6.07, 6.45) is 6.90. The lowest BCUT2D eigenvalue weighted by molar-refractivity contribution is 0.180. The molecule has 2 aliphatic rings. The van der Waals surface area contributed by atoms with E-state index in [1.807, 2.05) is 24.3 Å². The van der Waals surface area contributed by atoms with Crippen LogP contribution in [-0.2, 0) is 4.84 Å². The molecule has 2 aromatic rings. The summed E-state index contributed by atoms with van der Waals surface area (Å²) in [6.45, 7) is 8.43. The molecule has 0 amide bonds. The number of fused-ring (bicyclic) bond motifs is 2. The highest BCUT2D eigenvalue weighted by Gasteiger charge is 2.45. The molecule has 0 unspecified atom stereocenters. The zero-order chi connectivity index (χ0) is 22.3. The lowest BCUT2D eigenvalue weighted by Crippen LogP contribution is -2.50. The summed E-state index contributed by atoms with van der Waals surface area (Å²) < 4.78 is 11.3. The Balaban J connectivity index is 1.63. The van der Waals surface area contributed by atoms with Crippen LogP contribution < -0.4 is 14.8 Å². The van der Waals surface area contributed by atoms with Crippen molar-refractivity contribution in [3.8, 4) is 11.5 Å². The number of hydrogen-bond acceptors (Lipinski definition) is 5. The predicted octanol–water partition coefficient (Wildman–Crippen LogP) is 5.62. The highest BCUT2D eigenvalue weighted by atomic mass is 16.6. The molecule has 1 heterocycles. The Morgan fingerprint density at radius 2 is 1.31 bits per heavy atom. The van der Waals surface area contributed by atoms with E-state index < -0.39 is 0 Å². The smallest absolute Gasteiger partial charge is 0.119 e. The molecule has 2 bridgehead atoms. The van der Waals surface area contributed by atoms with E-state index in [9.17, 15) is 0 Å². The Labute approximate surface area is 190 Å². The van der Waals surface area contributed by atoms with E-state index in [0.717, 1.165) is 24.3 Å². The van der Waals surface area contributed by atoms with E-state index in [1.54, 1.807) is 19.3 Å². The van der Waals surface area contributed by atoms with Crippen LogP contribution in [0.3, 0.4) is 0 Å². The fraction of sp³-hybridized carbons (Fsp3) is 0.370. The van der Waals surface area contributed by atoms with Gasteiger partial charge < -0.3 is 19.6 Å². The second-order valence-electron chi connectivity index (χ2n) is 8.30. The second-order valence-corrected chi connectivity index (χ2v) is 8.30.